The van der Waals surface area contributed by atoms with Gasteiger partial charge in [0.1, 0.15) is 41.4 Å². The van der Waals surface area contributed by atoms with Gasteiger partial charge in [-0.3, -0.25) is 9.69 Å². The summed E-state index contributed by atoms with van der Waals surface area (Å²) in [6.45, 7) is 17.2. The van der Waals surface area contributed by atoms with Crippen molar-refractivity contribution in [3.8, 4) is 0 Å². The van der Waals surface area contributed by atoms with E-state index in [1.807, 2.05) is 44.2 Å². The fraction of sp³-hybridized carbons (Fsp3) is 0.804. The number of para-hydroxylation sites is 1. The van der Waals surface area contributed by atoms with Crippen LogP contribution in [0.4, 0.5) is 10.5 Å². The molecule has 20 heteroatoms. The van der Waals surface area contributed by atoms with Crippen LogP contribution in [0.3, 0.4) is 0 Å². The number of methoxy groups -OCH3 is 1. The second-order valence-electron chi connectivity index (χ2n) is 19.8. The molecule has 0 spiro atoms. The van der Waals surface area contributed by atoms with Gasteiger partial charge in [0, 0.05) is 45.3 Å². The van der Waals surface area contributed by atoms with Gasteiger partial charge in [0.25, 0.3) is 0 Å². The second-order valence-corrected chi connectivity index (χ2v) is 19.8. The van der Waals surface area contributed by atoms with Gasteiger partial charge in [0.2, 0.25) is 0 Å². The predicted molar refractivity (Wildman–Crippen MR) is 241 cm³/mol. The Bertz CT molecular complexity index is 1860. The summed E-state index contributed by atoms with van der Waals surface area (Å²) < 4.78 is 39.9. The molecule has 0 radical (unpaired) electrons. The SMILES string of the molecule is CC[C@H]1OC(=O)[C@H](C)[C@@H](O[C@H]2C[C@@](C)(OC)[C@](O)(Cn3cnnn3)[C@H](C)O2)[C@H](C)[C@@H](O[C@@H]2O[C@H](C)C[C@H](N(C)C(=O)N(C)c3ccccc3)[C@H]2O)[C@](C)(O)C[C@@H](C)CN[C@H](C)[C@@H](O)[C@]1(C)O. The molecule has 3 aliphatic heterocycles. The zero-order valence-corrected chi connectivity index (χ0v) is 41.0. The molecule has 0 saturated carbocycles. The molecule has 66 heavy (non-hydrogen) atoms. The number of benzene rings is 1. The van der Waals surface area contributed by atoms with E-state index in [0.29, 0.717) is 12.2 Å². The van der Waals surface area contributed by atoms with Crippen LogP contribution in [0.15, 0.2) is 36.7 Å². The highest BCUT2D eigenvalue weighted by Gasteiger charge is 2.59. The van der Waals surface area contributed by atoms with Crippen LogP contribution >= 0.6 is 0 Å². The number of aromatic nitrogens is 4. The van der Waals surface area contributed by atoms with Crippen molar-refractivity contribution in [2.45, 2.75) is 191 Å². The Kier molecular flexibility index (Phi) is 17.4. The average Bonchev–Trinajstić information content (AvgIpc) is 3.79. The summed E-state index contributed by atoms with van der Waals surface area (Å²) in [5.74, 6) is -3.09. The van der Waals surface area contributed by atoms with Gasteiger partial charge in [0.15, 0.2) is 12.6 Å². The number of ether oxygens (including phenoxy) is 6. The minimum absolute atomic E-state index is 0.0418. The van der Waals surface area contributed by atoms with E-state index in [0.717, 1.165) is 0 Å². The van der Waals surface area contributed by atoms with Crippen LogP contribution in [0.5, 0.6) is 0 Å². The van der Waals surface area contributed by atoms with Crippen molar-refractivity contribution < 1.29 is 63.5 Å². The quantitative estimate of drug-likeness (QED) is 0.187. The van der Waals surface area contributed by atoms with Crippen LogP contribution < -0.4 is 10.2 Å². The van der Waals surface area contributed by atoms with E-state index in [-0.39, 0.29) is 44.2 Å². The third kappa shape index (κ3) is 11.4. The first kappa shape index (κ1) is 53.5. The number of urea groups is 1. The summed E-state index contributed by atoms with van der Waals surface area (Å²) in [6.07, 6.45) is -8.36. The molecule has 18 atom stereocenters. The zero-order chi connectivity index (χ0) is 49.1. The number of amides is 2. The molecule has 374 valence electrons. The number of nitrogens with zero attached hydrogens (tertiary/aromatic N) is 6. The van der Waals surface area contributed by atoms with Crippen molar-refractivity contribution in [1.82, 2.24) is 30.4 Å². The number of cyclic esters (lactones) is 1. The molecule has 0 unspecified atom stereocenters. The summed E-state index contributed by atoms with van der Waals surface area (Å²) >= 11 is 0. The van der Waals surface area contributed by atoms with Crippen LogP contribution in [0.1, 0.15) is 94.9 Å². The zero-order valence-electron chi connectivity index (χ0n) is 41.0. The highest BCUT2D eigenvalue weighted by molar-refractivity contribution is 5.91. The first-order valence-corrected chi connectivity index (χ1v) is 23.2. The monoisotopic (exact) mass is 936 g/mol. The summed E-state index contributed by atoms with van der Waals surface area (Å²) in [4.78, 5) is 31.4. The number of nitrogens with one attached hydrogen (secondary N) is 1. The van der Waals surface area contributed by atoms with Crippen molar-refractivity contribution in [1.29, 1.82) is 0 Å². The Hall–Kier alpha value is -3.41. The highest BCUT2D eigenvalue weighted by atomic mass is 16.7. The van der Waals surface area contributed by atoms with Crippen LogP contribution in [0.25, 0.3) is 0 Å². The standard InChI is InChI=1S/C46H77N7O13/c1-14-34-45(10,59)38(55)30(6)47-23-26(2)21-43(8,58)39(66-41-36(54)33(20-27(3)62-41)52(12)42(57)51(11)32-18-16-15-17-19-32)28(4)37(29(5)40(56)64-34)65-35-22-44(9,61-13)46(60,31(7)63-35)24-53-25-48-49-50-53/h15-19,25-31,33-39,41,47,54-55,58-60H,14,20-24H2,1-13H3/t26-,27-,28+,29-,30-,31+,33+,34-,35+,36-,37+,38-,39-,41+,43-,44-,45-,46+/m1/s1. The number of anilines is 1. The Morgan fingerprint density at radius 2 is 1.65 bits per heavy atom. The number of carbonyl (C=O) groups excluding carboxylic acids is 2. The molecular formula is C46H77N7O13. The Morgan fingerprint density at radius 1 is 0.985 bits per heavy atom. The second kappa shape index (κ2) is 21.5. The molecule has 3 saturated heterocycles. The summed E-state index contributed by atoms with van der Waals surface area (Å²) in [7, 11) is 4.73. The molecule has 4 heterocycles. The lowest BCUT2D eigenvalue weighted by Crippen LogP contribution is -2.68. The van der Waals surface area contributed by atoms with Gasteiger partial charge in [-0.1, -0.05) is 39.0 Å². The topological polar surface area (TPSA) is 253 Å². The van der Waals surface area contributed by atoms with Gasteiger partial charge in [-0.25, -0.2) is 9.48 Å². The maximum absolute atomic E-state index is 14.5. The molecule has 2 aromatic rings. The lowest BCUT2D eigenvalue weighted by molar-refractivity contribution is -0.340. The van der Waals surface area contributed by atoms with Crippen molar-refractivity contribution in [2.24, 2.45) is 17.8 Å². The smallest absolute Gasteiger partial charge is 0.324 e. The van der Waals surface area contributed by atoms with Crippen LogP contribution in [0.2, 0.25) is 0 Å². The van der Waals surface area contributed by atoms with E-state index >= 15 is 0 Å². The lowest BCUT2D eigenvalue weighted by atomic mass is 9.75. The normalized spacial score (nSPS) is 42.1. The third-order valence-corrected chi connectivity index (χ3v) is 14.6. The van der Waals surface area contributed by atoms with Gasteiger partial charge in [0.05, 0.1) is 48.5 Å². The van der Waals surface area contributed by atoms with E-state index in [2.05, 4.69) is 20.8 Å². The first-order chi connectivity index (χ1) is 30.8. The molecule has 6 N–H and O–H groups in total. The number of carbonyl (C=O) groups is 2. The Labute approximate surface area is 389 Å². The van der Waals surface area contributed by atoms with E-state index < -0.39 is 108 Å². The maximum Gasteiger partial charge on any atom is 0.324 e. The van der Waals surface area contributed by atoms with Crippen LogP contribution in [-0.4, -0.2) is 180 Å². The maximum atomic E-state index is 14.5. The minimum atomic E-state index is -1.88. The molecule has 3 aliphatic rings. The summed E-state index contributed by atoms with van der Waals surface area (Å²) in [5.41, 5.74) is -5.92. The predicted octanol–water partition coefficient (Wildman–Crippen LogP) is 2.24. The van der Waals surface area contributed by atoms with Gasteiger partial charge in [-0.05, 0) is 103 Å². The molecule has 0 aliphatic carbocycles. The number of tetrazole rings is 1. The molecule has 2 amide bonds. The van der Waals surface area contributed by atoms with Crippen LogP contribution in [-0.2, 0) is 39.8 Å². The number of likely N-dealkylation sites (N-methyl/N-ethyl adjacent to an activating group) is 1. The van der Waals surface area contributed by atoms with Gasteiger partial charge in [-0.2, -0.15) is 0 Å². The number of hydrogen-bond acceptors (Lipinski definition) is 17. The minimum Gasteiger partial charge on any atom is -0.459 e. The summed E-state index contributed by atoms with van der Waals surface area (Å²) in [5, 5.41) is 75.0. The van der Waals surface area contributed by atoms with Crippen LogP contribution in [0, 0.1) is 17.8 Å². The molecule has 1 aromatic heterocycles. The Balaban J connectivity index is 1.55. The number of rotatable bonds is 10. The van der Waals surface area contributed by atoms with E-state index in [4.69, 9.17) is 28.4 Å². The van der Waals surface area contributed by atoms with Gasteiger partial charge in [-0.15, -0.1) is 5.10 Å². The highest BCUT2D eigenvalue weighted by Crippen LogP contribution is 2.44. The summed E-state index contributed by atoms with van der Waals surface area (Å²) in [6, 6.07) is 7.33. The molecule has 1 aromatic carbocycles. The molecule has 20 nitrogen and oxygen atoms in total. The van der Waals surface area contributed by atoms with Gasteiger partial charge >= 0.3 is 12.0 Å². The van der Waals surface area contributed by atoms with Gasteiger partial charge < -0.3 is 64.2 Å². The number of esters is 1. The largest absolute Gasteiger partial charge is 0.459 e. The van der Waals surface area contributed by atoms with E-state index in [1.165, 1.54) is 34.8 Å². The Morgan fingerprint density at radius 3 is 2.26 bits per heavy atom. The molecular weight excluding hydrogens is 859 g/mol. The van der Waals surface area contributed by atoms with Crippen molar-refractivity contribution in [3.05, 3.63) is 36.7 Å². The first-order valence-electron chi connectivity index (χ1n) is 23.2. The van der Waals surface area contributed by atoms with Crippen molar-refractivity contribution in [2.75, 3.05) is 32.6 Å². The van der Waals surface area contributed by atoms with E-state index in [1.54, 1.807) is 62.6 Å². The fourth-order valence-corrected chi connectivity index (χ4v) is 10.2. The average molecular weight is 936 g/mol. The fourth-order valence-electron chi connectivity index (χ4n) is 10.2. The molecule has 0 bridgehead atoms. The molecule has 5 rings (SSSR count). The lowest BCUT2D eigenvalue weighted by Gasteiger charge is -2.53. The molecule has 3 fully saturated rings. The van der Waals surface area contributed by atoms with Crippen molar-refractivity contribution >= 4 is 17.7 Å². The third-order valence-electron chi connectivity index (χ3n) is 14.6. The number of aliphatic hydroxyl groups excluding tert-OH is 2. The van der Waals surface area contributed by atoms with E-state index in [9.17, 15) is 35.1 Å². The number of hydrogen-bond donors (Lipinski definition) is 6. The van der Waals surface area contributed by atoms with Crippen molar-refractivity contribution in [3.63, 3.8) is 0 Å². The number of aliphatic hydroxyl groups is 5.